The number of benzene rings is 1. The Morgan fingerprint density at radius 1 is 1.38 bits per heavy atom. The highest BCUT2D eigenvalue weighted by molar-refractivity contribution is 6.31. The smallest absolute Gasteiger partial charge is 0.142 e. The molecule has 0 fully saturated rings. The van der Waals surface area contributed by atoms with Crippen molar-refractivity contribution < 1.29 is 13.9 Å². The fourth-order valence-electron chi connectivity index (χ4n) is 0.932. The summed E-state index contributed by atoms with van der Waals surface area (Å²) in [5, 5.41) is 8.80. The minimum absolute atomic E-state index is 0.281. The van der Waals surface area contributed by atoms with Crippen molar-refractivity contribution in [1.82, 2.24) is 0 Å². The van der Waals surface area contributed by atoms with Crippen LogP contribution in [0.3, 0.4) is 0 Å². The van der Waals surface area contributed by atoms with Gasteiger partial charge >= 0.3 is 0 Å². The van der Waals surface area contributed by atoms with Crippen molar-refractivity contribution in [3.8, 4) is 0 Å². The van der Waals surface area contributed by atoms with Crippen molar-refractivity contribution in [3.05, 3.63) is 47.0 Å². The molecule has 0 saturated heterocycles. The Labute approximate surface area is 79.3 Å². The third kappa shape index (κ3) is 1.87. The maximum Gasteiger partial charge on any atom is 0.142 e. The predicted molar refractivity (Wildman–Crippen MR) is 46.5 cm³/mol. The molecule has 0 aliphatic carbocycles. The minimum atomic E-state index is -1.29. The first kappa shape index (κ1) is 10.2. The Hall–Kier alpha value is -0.930. The molecule has 13 heavy (non-hydrogen) atoms. The Bertz CT molecular complexity index is 339. The molecule has 0 aliphatic heterocycles. The molecule has 0 radical (unpaired) electrons. The molecule has 0 heterocycles. The third-order valence-electron chi connectivity index (χ3n) is 1.60. The van der Waals surface area contributed by atoms with Crippen molar-refractivity contribution in [3.63, 3.8) is 0 Å². The largest absolute Gasteiger partial charge is 0.384 e. The molecule has 1 rings (SSSR count). The van der Waals surface area contributed by atoms with Crippen LogP contribution in [0.15, 0.2) is 24.8 Å². The minimum Gasteiger partial charge on any atom is -0.384 e. The van der Waals surface area contributed by atoms with E-state index in [9.17, 15) is 13.9 Å². The molecule has 0 amide bonds. The molecule has 1 nitrogen and oxygen atoms in total. The van der Waals surface area contributed by atoms with E-state index in [1.807, 2.05) is 0 Å². The summed E-state index contributed by atoms with van der Waals surface area (Å²) in [5.41, 5.74) is -0.281. The van der Waals surface area contributed by atoms with Gasteiger partial charge in [-0.15, -0.1) is 6.58 Å². The summed E-state index contributed by atoms with van der Waals surface area (Å²) in [6, 6.07) is 1.81. The van der Waals surface area contributed by atoms with E-state index >= 15 is 0 Å². The van der Waals surface area contributed by atoms with Crippen LogP contribution in [-0.2, 0) is 0 Å². The van der Waals surface area contributed by atoms with Gasteiger partial charge in [0.25, 0.3) is 0 Å². The van der Waals surface area contributed by atoms with E-state index in [0.717, 1.165) is 18.2 Å². The molecule has 70 valence electrons. The van der Waals surface area contributed by atoms with Gasteiger partial charge in [0.1, 0.15) is 17.7 Å². The first-order chi connectivity index (χ1) is 6.07. The van der Waals surface area contributed by atoms with E-state index in [-0.39, 0.29) is 5.56 Å². The van der Waals surface area contributed by atoms with Gasteiger partial charge in [0.2, 0.25) is 0 Å². The van der Waals surface area contributed by atoms with Gasteiger partial charge in [-0.2, -0.15) is 0 Å². The summed E-state index contributed by atoms with van der Waals surface area (Å²) in [6.45, 7) is 3.25. The SMILES string of the molecule is C=CC(O)c1c(F)ccc(F)c1Cl. The van der Waals surface area contributed by atoms with E-state index in [0.29, 0.717) is 0 Å². The lowest BCUT2D eigenvalue weighted by molar-refractivity contribution is 0.223. The maximum atomic E-state index is 13.0. The Balaban J connectivity index is 3.32. The summed E-state index contributed by atoms with van der Waals surface area (Å²) in [5.74, 6) is -1.52. The van der Waals surface area contributed by atoms with Crippen LogP contribution in [0.1, 0.15) is 11.7 Å². The monoisotopic (exact) mass is 204 g/mol. The molecule has 1 aromatic carbocycles. The molecule has 1 N–H and O–H groups in total. The molecular formula is C9H7ClF2O. The first-order valence-electron chi connectivity index (χ1n) is 3.52. The van der Waals surface area contributed by atoms with Gasteiger partial charge in [-0.1, -0.05) is 17.7 Å². The van der Waals surface area contributed by atoms with E-state index < -0.39 is 22.8 Å². The zero-order valence-corrected chi connectivity index (χ0v) is 7.35. The summed E-state index contributed by atoms with van der Waals surface area (Å²) in [6.07, 6.45) is -0.216. The van der Waals surface area contributed by atoms with Crippen LogP contribution in [0.5, 0.6) is 0 Å². The Kier molecular flexibility index (Phi) is 3.01. The topological polar surface area (TPSA) is 20.2 Å². The number of aliphatic hydroxyl groups excluding tert-OH is 1. The summed E-state index contributed by atoms with van der Waals surface area (Å²) in [7, 11) is 0. The molecule has 0 aliphatic rings. The van der Waals surface area contributed by atoms with Gasteiger partial charge in [0.15, 0.2) is 0 Å². The van der Waals surface area contributed by atoms with Crippen LogP contribution in [0.25, 0.3) is 0 Å². The van der Waals surface area contributed by atoms with Gasteiger partial charge in [-0.25, -0.2) is 8.78 Å². The second-order valence-corrected chi connectivity index (χ2v) is 2.82. The third-order valence-corrected chi connectivity index (χ3v) is 1.98. The van der Waals surface area contributed by atoms with Crippen molar-refractivity contribution >= 4 is 11.6 Å². The zero-order valence-electron chi connectivity index (χ0n) is 6.60. The van der Waals surface area contributed by atoms with Gasteiger partial charge in [-0.3, -0.25) is 0 Å². The lowest BCUT2D eigenvalue weighted by atomic mass is 10.1. The van der Waals surface area contributed by atoms with Crippen LogP contribution in [0, 0.1) is 11.6 Å². The molecule has 0 spiro atoms. The molecule has 0 saturated carbocycles. The number of hydrogen-bond acceptors (Lipinski definition) is 1. The molecule has 0 bridgehead atoms. The lowest BCUT2D eigenvalue weighted by Crippen LogP contribution is -1.99. The van der Waals surface area contributed by atoms with E-state index in [1.54, 1.807) is 0 Å². The van der Waals surface area contributed by atoms with Crippen molar-refractivity contribution in [2.45, 2.75) is 6.10 Å². The average Bonchev–Trinajstić information content (AvgIpc) is 2.12. The lowest BCUT2D eigenvalue weighted by Gasteiger charge is -2.09. The molecular weight excluding hydrogens is 198 g/mol. The average molecular weight is 205 g/mol. The van der Waals surface area contributed by atoms with Crippen molar-refractivity contribution in [1.29, 1.82) is 0 Å². The van der Waals surface area contributed by atoms with E-state index in [2.05, 4.69) is 6.58 Å². The number of aliphatic hydroxyl groups is 1. The molecule has 4 heteroatoms. The maximum absolute atomic E-state index is 13.0. The van der Waals surface area contributed by atoms with Crippen LogP contribution in [0.2, 0.25) is 5.02 Å². The Morgan fingerprint density at radius 3 is 2.46 bits per heavy atom. The van der Waals surface area contributed by atoms with Gasteiger partial charge in [0, 0.05) is 5.56 Å². The summed E-state index contributed by atoms with van der Waals surface area (Å²) >= 11 is 5.45. The number of halogens is 3. The van der Waals surface area contributed by atoms with Gasteiger partial charge < -0.3 is 5.11 Å². The van der Waals surface area contributed by atoms with Gasteiger partial charge in [0.05, 0.1) is 5.02 Å². The molecule has 1 atom stereocenters. The summed E-state index contributed by atoms with van der Waals surface area (Å²) < 4.78 is 25.8. The van der Waals surface area contributed by atoms with Gasteiger partial charge in [-0.05, 0) is 12.1 Å². The highest BCUT2D eigenvalue weighted by Gasteiger charge is 2.16. The molecule has 0 aromatic heterocycles. The normalized spacial score (nSPS) is 12.6. The van der Waals surface area contributed by atoms with E-state index in [4.69, 9.17) is 11.6 Å². The predicted octanol–water partition coefficient (Wildman–Crippen LogP) is 2.84. The second-order valence-electron chi connectivity index (χ2n) is 2.44. The molecule has 1 unspecified atom stereocenters. The van der Waals surface area contributed by atoms with Crippen LogP contribution in [-0.4, -0.2) is 5.11 Å². The molecule has 1 aromatic rings. The quantitative estimate of drug-likeness (QED) is 0.580. The standard InChI is InChI=1S/C9H7ClF2O/c1-2-7(13)8-5(11)3-4-6(12)9(8)10/h2-4,7,13H,1H2. The van der Waals surface area contributed by atoms with Crippen molar-refractivity contribution in [2.75, 3.05) is 0 Å². The highest BCUT2D eigenvalue weighted by Crippen LogP contribution is 2.28. The van der Waals surface area contributed by atoms with Crippen LogP contribution in [0.4, 0.5) is 8.78 Å². The summed E-state index contributed by atoms with van der Waals surface area (Å²) in [4.78, 5) is 0. The highest BCUT2D eigenvalue weighted by atomic mass is 35.5. The van der Waals surface area contributed by atoms with Crippen LogP contribution >= 0.6 is 11.6 Å². The fourth-order valence-corrected chi connectivity index (χ4v) is 1.20. The fraction of sp³-hybridized carbons (Fsp3) is 0.111. The first-order valence-corrected chi connectivity index (χ1v) is 3.89. The number of rotatable bonds is 2. The second kappa shape index (κ2) is 3.85. The zero-order chi connectivity index (χ0) is 10.0. The Morgan fingerprint density at radius 2 is 1.92 bits per heavy atom. The van der Waals surface area contributed by atoms with Crippen molar-refractivity contribution in [2.24, 2.45) is 0 Å². The number of hydrogen-bond donors (Lipinski definition) is 1. The van der Waals surface area contributed by atoms with E-state index in [1.165, 1.54) is 0 Å². The van der Waals surface area contributed by atoms with Crippen LogP contribution < -0.4 is 0 Å².